The first-order chi connectivity index (χ1) is 12.0. The summed E-state index contributed by atoms with van der Waals surface area (Å²) in [6.07, 6.45) is 1.40. The SMILES string of the molecule is O=C(NNC(=O)c1ccc[nH]c1=O)c1ccc(-c2ccc(F)cc2)s1. The minimum atomic E-state index is -0.717. The van der Waals surface area contributed by atoms with E-state index in [0.29, 0.717) is 4.88 Å². The van der Waals surface area contributed by atoms with Crippen LogP contribution in [0, 0.1) is 5.82 Å². The molecule has 0 unspecified atom stereocenters. The molecule has 2 amide bonds. The van der Waals surface area contributed by atoms with Gasteiger partial charge in [-0.05, 0) is 42.0 Å². The van der Waals surface area contributed by atoms with Crippen molar-refractivity contribution in [3.63, 3.8) is 0 Å². The van der Waals surface area contributed by atoms with Gasteiger partial charge in [-0.3, -0.25) is 25.2 Å². The Labute approximate surface area is 145 Å². The molecule has 0 aliphatic carbocycles. The van der Waals surface area contributed by atoms with Gasteiger partial charge in [-0.2, -0.15) is 0 Å². The number of hydrazine groups is 1. The van der Waals surface area contributed by atoms with Crippen LogP contribution in [0.3, 0.4) is 0 Å². The van der Waals surface area contributed by atoms with E-state index < -0.39 is 17.4 Å². The number of amides is 2. The van der Waals surface area contributed by atoms with Crippen LogP contribution in [-0.2, 0) is 0 Å². The lowest BCUT2D eigenvalue weighted by Gasteiger charge is -2.05. The Hall–Kier alpha value is -3.26. The summed E-state index contributed by atoms with van der Waals surface area (Å²) in [4.78, 5) is 39.0. The molecule has 0 atom stereocenters. The molecule has 3 aromatic rings. The summed E-state index contributed by atoms with van der Waals surface area (Å²) in [5, 5.41) is 0. The standard InChI is InChI=1S/C17H12FN3O3S/c18-11-5-3-10(4-6-11)13-7-8-14(25-13)17(24)21-20-16(23)12-2-1-9-19-15(12)22/h1-9H,(H,19,22)(H,20,23)(H,21,24). The minimum absolute atomic E-state index is 0.110. The van der Waals surface area contributed by atoms with Crippen LogP contribution in [-0.4, -0.2) is 16.8 Å². The molecule has 2 aromatic heterocycles. The molecule has 0 spiro atoms. The van der Waals surface area contributed by atoms with Gasteiger partial charge in [0.25, 0.3) is 17.4 Å². The van der Waals surface area contributed by atoms with Gasteiger partial charge in [0.15, 0.2) is 0 Å². The number of H-pyrrole nitrogens is 1. The Kier molecular flexibility index (Phi) is 4.71. The number of thiophene rings is 1. The normalized spacial score (nSPS) is 10.3. The number of hydrogen-bond acceptors (Lipinski definition) is 4. The highest BCUT2D eigenvalue weighted by Crippen LogP contribution is 2.28. The first kappa shape index (κ1) is 16.6. The highest BCUT2D eigenvalue weighted by atomic mass is 32.1. The van der Waals surface area contributed by atoms with Gasteiger partial charge in [0, 0.05) is 11.1 Å². The molecule has 8 heteroatoms. The van der Waals surface area contributed by atoms with Crippen molar-refractivity contribution < 1.29 is 14.0 Å². The number of halogens is 1. The quantitative estimate of drug-likeness (QED) is 0.628. The zero-order valence-corrected chi connectivity index (χ0v) is 13.5. The highest BCUT2D eigenvalue weighted by molar-refractivity contribution is 7.17. The maximum atomic E-state index is 13.0. The zero-order valence-electron chi connectivity index (χ0n) is 12.7. The number of benzene rings is 1. The van der Waals surface area contributed by atoms with Crippen LogP contribution in [0.1, 0.15) is 20.0 Å². The van der Waals surface area contributed by atoms with Crippen molar-refractivity contribution in [1.82, 2.24) is 15.8 Å². The third-order valence-corrected chi connectivity index (χ3v) is 4.44. The predicted molar refractivity (Wildman–Crippen MR) is 91.7 cm³/mol. The van der Waals surface area contributed by atoms with Gasteiger partial charge in [0.2, 0.25) is 0 Å². The number of hydrogen-bond donors (Lipinski definition) is 3. The maximum absolute atomic E-state index is 13.0. The van der Waals surface area contributed by atoms with Crippen molar-refractivity contribution in [2.45, 2.75) is 0 Å². The second-order valence-electron chi connectivity index (χ2n) is 4.99. The third-order valence-electron chi connectivity index (χ3n) is 3.31. The topological polar surface area (TPSA) is 91.1 Å². The van der Waals surface area contributed by atoms with Gasteiger partial charge in [-0.25, -0.2) is 4.39 Å². The van der Waals surface area contributed by atoms with Crippen LogP contribution in [0.2, 0.25) is 0 Å². The number of aromatic nitrogens is 1. The molecule has 0 bridgehead atoms. The lowest BCUT2D eigenvalue weighted by Crippen LogP contribution is -2.43. The second kappa shape index (κ2) is 7.10. The van der Waals surface area contributed by atoms with Crippen LogP contribution in [0.5, 0.6) is 0 Å². The van der Waals surface area contributed by atoms with Crippen LogP contribution >= 0.6 is 11.3 Å². The molecular weight excluding hydrogens is 345 g/mol. The number of rotatable bonds is 3. The molecule has 0 radical (unpaired) electrons. The summed E-state index contributed by atoms with van der Waals surface area (Å²) in [6, 6.07) is 12.1. The van der Waals surface area contributed by atoms with Gasteiger partial charge >= 0.3 is 0 Å². The molecule has 0 aliphatic rings. The molecule has 25 heavy (non-hydrogen) atoms. The maximum Gasteiger partial charge on any atom is 0.279 e. The summed E-state index contributed by atoms with van der Waals surface area (Å²) in [5.74, 6) is -1.57. The van der Waals surface area contributed by atoms with E-state index in [1.54, 1.807) is 24.3 Å². The largest absolute Gasteiger partial charge is 0.328 e. The molecule has 3 rings (SSSR count). The second-order valence-corrected chi connectivity index (χ2v) is 6.08. The molecule has 2 heterocycles. The number of aromatic amines is 1. The summed E-state index contributed by atoms with van der Waals surface area (Å²) < 4.78 is 13.0. The molecule has 0 fully saturated rings. The van der Waals surface area contributed by atoms with E-state index in [9.17, 15) is 18.8 Å². The molecule has 0 saturated carbocycles. The number of carbonyl (C=O) groups is 2. The Morgan fingerprint density at radius 3 is 2.40 bits per heavy atom. The molecule has 0 aliphatic heterocycles. The zero-order chi connectivity index (χ0) is 17.8. The van der Waals surface area contributed by atoms with E-state index in [1.165, 1.54) is 41.8 Å². The van der Waals surface area contributed by atoms with Gasteiger partial charge < -0.3 is 4.98 Å². The fraction of sp³-hybridized carbons (Fsp3) is 0. The van der Waals surface area contributed by atoms with Crippen molar-refractivity contribution in [1.29, 1.82) is 0 Å². The van der Waals surface area contributed by atoms with Crippen molar-refractivity contribution in [3.8, 4) is 10.4 Å². The lowest BCUT2D eigenvalue weighted by atomic mass is 10.2. The van der Waals surface area contributed by atoms with Crippen LogP contribution in [0.25, 0.3) is 10.4 Å². The summed E-state index contributed by atoms with van der Waals surface area (Å²) in [5.41, 5.74) is 4.57. The van der Waals surface area contributed by atoms with Crippen LogP contribution in [0.15, 0.2) is 59.5 Å². The van der Waals surface area contributed by atoms with Crippen molar-refractivity contribution in [2.75, 3.05) is 0 Å². The smallest absolute Gasteiger partial charge is 0.279 e. The number of pyridine rings is 1. The first-order valence-corrected chi connectivity index (χ1v) is 8.00. The molecular formula is C17H12FN3O3S. The average Bonchev–Trinajstić information content (AvgIpc) is 3.10. The van der Waals surface area contributed by atoms with E-state index in [0.717, 1.165) is 10.4 Å². The monoisotopic (exact) mass is 357 g/mol. The van der Waals surface area contributed by atoms with Crippen LogP contribution in [0.4, 0.5) is 4.39 Å². The van der Waals surface area contributed by atoms with E-state index in [1.807, 2.05) is 0 Å². The average molecular weight is 357 g/mol. The van der Waals surface area contributed by atoms with Gasteiger partial charge in [0.05, 0.1) is 4.88 Å². The summed E-state index contributed by atoms with van der Waals surface area (Å²) >= 11 is 1.20. The molecule has 0 saturated heterocycles. The fourth-order valence-electron chi connectivity index (χ4n) is 2.07. The van der Waals surface area contributed by atoms with Gasteiger partial charge in [-0.1, -0.05) is 12.1 Å². The van der Waals surface area contributed by atoms with E-state index >= 15 is 0 Å². The predicted octanol–water partition coefficient (Wildman–Crippen LogP) is 2.32. The van der Waals surface area contributed by atoms with Gasteiger partial charge in [-0.15, -0.1) is 11.3 Å². The van der Waals surface area contributed by atoms with Crippen molar-refractivity contribution >= 4 is 23.2 Å². The van der Waals surface area contributed by atoms with Crippen molar-refractivity contribution in [2.24, 2.45) is 0 Å². The van der Waals surface area contributed by atoms with E-state index in [2.05, 4.69) is 15.8 Å². The third kappa shape index (κ3) is 3.81. The minimum Gasteiger partial charge on any atom is -0.328 e. The fourth-order valence-corrected chi connectivity index (χ4v) is 2.98. The van der Waals surface area contributed by atoms with Crippen LogP contribution < -0.4 is 16.4 Å². The highest BCUT2D eigenvalue weighted by Gasteiger charge is 2.13. The number of nitrogens with one attached hydrogen (secondary N) is 3. The van der Waals surface area contributed by atoms with Crippen molar-refractivity contribution in [3.05, 3.63) is 81.3 Å². The number of carbonyl (C=O) groups excluding carboxylic acids is 2. The Morgan fingerprint density at radius 1 is 0.960 bits per heavy atom. The molecule has 126 valence electrons. The summed E-state index contributed by atoms with van der Waals surface area (Å²) in [7, 11) is 0. The molecule has 3 N–H and O–H groups in total. The Balaban J connectivity index is 1.66. The van der Waals surface area contributed by atoms with E-state index in [4.69, 9.17) is 0 Å². The van der Waals surface area contributed by atoms with Gasteiger partial charge in [0.1, 0.15) is 11.4 Å². The van der Waals surface area contributed by atoms with E-state index in [-0.39, 0.29) is 11.4 Å². The Morgan fingerprint density at radius 2 is 1.68 bits per heavy atom. The molecule has 1 aromatic carbocycles. The first-order valence-electron chi connectivity index (χ1n) is 7.19. The summed E-state index contributed by atoms with van der Waals surface area (Å²) in [6.45, 7) is 0. The molecule has 6 nitrogen and oxygen atoms in total. The Bertz CT molecular complexity index is 979. The lowest BCUT2D eigenvalue weighted by molar-refractivity contribution is 0.0848.